The highest BCUT2D eigenvalue weighted by molar-refractivity contribution is 6.04. The van der Waals surface area contributed by atoms with Gasteiger partial charge in [0.25, 0.3) is 5.91 Å². The molecular weight excluding hydrogens is 342 g/mol. The summed E-state index contributed by atoms with van der Waals surface area (Å²) in [5.74, 6) is 0.793. The van der Waals surface area contributed by atoms with Crippen molar-refractivity contribution in [1.29, 1.82) is 5.26 Å². The Bertz CT molecular complexity index is 980. The zero-order valence-electron chi connectivity index (χ0n) is 14.6. The van der Waals surface area contributed by atoms with E-state index in [1.807, 2.05) is 30.3 Å². The van der Waals surface area contributed by atoms with E-state index < -0.39 is 0 Å². The van der Waals surface area contributed by atoms with Crippen molar-refractivity contribution >= 4 is 17.5 Å². The number of aromatic nitrogens is 2. The Labute approximate surface area is 156 Å². The Kier molecular flexibility index (Phi) is 5.60. The first-order valence-corrected chi connectivity index (χ1v) is 8.19. The van der Waals surface area contributed by atoms with E-state index in [-0.39, 0.29) is 5.91 Å². The summed E-state index contributed by atoms with van der Waals surface area (Å²) < 4.78 is 5.30. The Morgan fingerprint density at radius 3 is 2.56 bits per heavy atom. The standard InChI is InChI=1S/C20H17N5O2/c1-27-18-9-5-3-7-15(18)11-22-20-23-12-16(13-24-20)19(26)25-17-8-4-2-6-14(17)10-21/h2-9,12-13H,11H2,1H3,(H,25,26)(H,22,23,24). The summed E-state index contributed by atoms with van der Waals surface area (Å²) in [5.41, 5.74) is 2.11. The lowest BCUT2D eigenvalue weighted by molar-refractivity contribution is 0.102. The molecule has 0 aliphatic heterocycles. The Morgan fingerprint density at radius 1 is 1.11 bits per heavy atom. The van der Waals surface area contributed by atoms with Gasteiger partial charge < -0.3 is 15.4 Å². The van der Waals surface area contributed by atoms with Crippen LogP contribution < -0.4 is 15.4 Å². The van der Waals surface area contributed by atoms with Crippen molar-refractivity contribution in [2.45, 2.75) is 6.54 Å². The van der Waals surface area contributed by atoms with Gasteiger partial charge in [0.05, 0.1) is 23.9 Å². The molecule has 1 aromatic heterocycles. The fraction of sp³-hybridized carbons (Fsp3) is 0.100. The first-order valence-electron chi connectivity index (χ1n) is 8.19. The maximum Gasteiger partial charge on any atom is 0.258 e. The summed E-state index contributed by atoms with van der Waals surface area (Å²) in [6, 6.07) is 16.5. The zero-order chi connectivity index (χ0) is 19.1. The number of amides is 1. The molecule has 0 bridgehead atoms. The molecule has 3 rings (SSSR count). The number of para-hydroxylation sites is 2. The third-order valence-electron chi connectivity index (χ3n) is 3.84. The second kappa shape index (κ2) is 8.45. The third kappa shape index (κ3) is 4.38. The van der Waals surface area contributed by atoms with E-state index >= 15 is 0 Å². The van der Waals surface area contributed by atoms with Crippen LogP contribution in [0.25, 0.3) is 0 Å². The highest BCUT2D eigenvalue weighted by Gasteiger charge is 2.10. The molecule has 0 atom stereocenters. The smallest absolute Gasteiger partial charge is 0.258 e. The lowest BCUT2D eigenvalue weighted by Gasteiger charge is -2.10. The average Bonchev–Trinajstić information content (AvgIpc) is 2.73. The Morgan fingerprint density at radius 2 is 1.81 bits per heavy atom. The van der Waals surface area contributed by atoms with E-state index in [1.165, 1.54) is 12.4 Å². The van der Waals surface area contributed by atoms with Gasteiger partial charge in [-0.15, -0.1) is 0 Å². The number of nitrogens with zero attached hydrogens (tertiary/aromatic N) is 3. The summed E-state index contributed by atoms with van der Waals surface area (Å²) in [6.45, 7) is 0.491. The van der Waals surface area contributed by atoms with E-state index in [1.54, 1.807) is 31.4 Å². The van der Waals surface area contributed by atoms with Gasteiger partial charge in [0.1, 0.15) is 11.8 Å². The Balaban J connectivity index is 1.64. The largest absolute Gasteiger partial charge is 0.496 e. The van der Waals surface area contributed by atoms with E-state index in [4.69, 9.17) is 10.00 Å². The monoisotopic (exact) mass is 359 g/mol. The van der Waals surface area contributed by atoms with Crippen LogP contribution in [-0.2, 0) is 6.54 Å². The Hall–Kier alpha value is -3.92. The SMILES string of the molecule is COc1ccccc1CNc1ncc(C(=O)Nc2ccccc2C#N)cn1. The van der Waals surface area contributed by atoms with Crippen LogP contribution in [0.1, 0.15) is 21.5 Å². The molecule has 134 valence electrons. The van der Waals surface area contributed by atoms with Crippen molar-refractivity contribution in [2.24, 2.45) is 0 Å². The van der Waals surface area contributed by atoms with Crippen LogP contribution in [0.15, 0.2) is 60.9 Å². The minimum Gasteiger partial charge on any atom is -0.496 e. The number of ether oxygens (including phenoxy) is 1. The van der Waals surface area contributed by atoms with Crippen LogP contribution in [-0.4, -0.2) is 23.0 Å². The highest BCUT2D eigenvalue weighted by Crippen LogP contribution is 2.18. The quantitative estimate of drug-likeness (QED) is 0.701. The number of carbonyl (C=O) groups is 1. The van der Waals surface area contributed by atoms with E-state index in [2.05, 4.69) is 20.6 Å². The van der Waals surface area contributed by atoms with Crippen LogP contribution in [0.4, 0.5) is 11.6 Å². The van der Waals surface area contributed by atoms with Crippen LogP contribution >= 0.6 is 0 Å². The summed E-state index contributed by atoms with van der Waals surface area (Å²) >= 11 is 0. The molecule has 7 heteroatoms. The van der Waals surface area contributed by atoms with E-state index in [9.17, 15) is 4.79 Å². The molecule has 0 aliphatic carbocycles. The predicted octanol–water partition coefficient (Wildman–Crippen LogP) is 3.22. The van der Waals surface area contributed by atoms with Gasteiger partial charge in [-0.2, -0.15) is 5.26 Å². The number of hydrogen-bond acceptors (Lipinski definition) is 6. The normalized spacial score (nSPS) is 9.93. The van der Waals surface area contributed by atoms with Gasteiger partial charge in [-0.05, 0) is 18.2 Å². The number of methoxy groups -OCH3 is 1. The predicted molar refractivity (Wildman–Crippen MR) is 101 cm³/mol. The molecule has 0 unspecified atom stereocenters. The number of nitriles is 1. The van der Waals surface area contributed by atoms with Gasteiger partial charge in [0, 0.05) is 24.5 Å². The minimum atomic E-state index is -0.381. The molecule has 0 spiro atoms. The number of benzene rings is 2. The van der Waals surface area contributed by atoms with Crippen LogP contribution in [0.3, 0.4) is 0 Å². The molecule has 2 N–H and O–H groups in total. The third-order valence-corrected chi connectivity index (χ3v) is 3.84. The van der Waals surface area contributed by atoms with Crippen molar-refractivity contribution < 1.29 is 9.53 Å². The van der Waals surface area contributed by atoms with E-state index in [0.29, 0.717) is 29.3 Å². The van der Waals surface area contributed by atoms with Gasteiger partial charge in [0.2, 0.25) is 5.95 Å². The molecule has 27 heavy (non-hydrogen) atoms. The van der Waals surface area contributed by atoms with Gasteiger partial charge in [-0.3, -0.25) is 4.79 Å². The molecule has 2 aromatic carbocycles. The van der Waals surface area contributed by atoms with Gasteiger partial charge in [-0.25, -0.2) is 9.97 Å². The van der Waals surface area contributed by atoms with Gasteiger partial charge in [0.15, 0.2) is 0 Å². The van der Waals surface area contributed by atoms with Crippen LogP contribution in [0.5, 0.6) is 5.75 Å². The van der Waals surface area contributed by atoms with E-state index in [0.717, 1.165) is 11.3 Å². The molecule has 3 aromatic rings. The van der Waals surface area contributed by atoms with Crippen molar-refractivity contribution in [3.63, 3.8) is 0 Å². The number of rotatable bonds is 6. The molecule has 0 fully saturated rings. The van der Waals surface area contributed by atoms with Crippen LogP contribution in [0, 0.1) is 11.3 Å². The fourth-order valence-corrected chi connectivity index (χ4v) is 2.44. The summed E-state index contributed by atoms with van der Waals surface area (Å²) in [7, 11) is 1.62. The number of hydrogen-bond donors (Lipinski definition) is 2. The van der Waals surface area contributed by atoms with Crippen molar-refractivity contribution in [3.05, 3.63) is 77.6 Å². The second-order valence-electron chi connectivity index (χ2n) is 5.57. The first-order chi connectivity index (χ1) is 13.2. The summed E-state index contributed by atoms with van der Waals surface area (Å²) in [5, 5.41) is 14.9. The molecule has 0 saturated carbocycles. The number of carbonyl (C=O) groups excluding carboxylic acids is 1. The molecule has 1 amide bonds. The number of anilines is 2. The maximum absolute atomic E-state index is 12.3. The van der Waals surface area contributed by atoms with Crippen LogP contribution in [0.2, 0.25) is 0 Å². The molecular formula is C20H17N5O2. The first kappa shape index (κ1) is 17.9. The lowest BCUT2D eigenvalue weighted by Crippen LogP contribution is -2.14. The van der Waals surface area contributed by atoms with Crippen molar-refractivity contribution in [3.8, 4) is 11.8 Å². The average molecular weight is 359 g/mol. The highest BCUT2D eigenvalue weighted by atomic mass is 16.5. The molecule has 7 nitrogen and oxygen atoms in total. The van der Waals surface area contributed by atoms with Crippen molar-refractivity contribution in [1.82, 2.24) is 9.97 Å². The number of nitrogens with one attached hydrogen (secondary N) is 2. The molecule has 1 heterocycles. The minimum absolute atomic E-state index is 0.297. The lowest BCUT2D eigenvalue weighted by atomic mass is 10.2. The maximum atomic E-state index is 12.3. The second-order valence-corrected chi connectivity index (χ2v) is 5.57. The summed E-state index contributed by atoms with van der Waals surface area (Å²) in [6.07, 6.45) is 2.86. The molecule has 0 saturated heterocycles. The zero-order valence-corrected chi connectivity index (χ0v) is 14.6. The van der Waals surface area contributed by atoms with Gasteiger partial charge in [-0.1, -0.05) is 30.3 Å². The summed E-state index contributed by atoms with van der Waals surface area (Å²) in [4.78, 5) is 20.7. The molecule has 0 aliphatic rings. The van der Waals surface area contributed by atoms with Gasteiger partial charge >= 0.3 is 0 Å². The van der Waals surface area contributed by atoms with Crippen molar-refractivity contribution in [2.75, 3.05) is 17.7 Å². The molecule has 0 radical (unpaired) electrons. The fourth-order valence-electron chi connectivity index (χ4n) is 2.44. The topological polar surface area (TPSA) is 99.9 Å².